The molecule has 0 saturated carbocycles. The van der Waals surface area contributed by atoms with Crippen molar-refractivity contribution in [3.05, 3.63) is 52.3 Å². The predicted octanol–water partition coefficient (Wildman–Crippen LogP) is 4.12. The van der Waals surface area contributed by atoms with Gasteiger partial charge in [0.05, 0.1) is 5.69 Å². The lowest BCUT2D eigenvalue weighted by Gasteiger charge is -2.23. The fourth-order valence-corrected chi connectivity index (χ4v) is 2.78. The molecular formula is C17H24ClN3. The molecule has 21 heavy (non-hydrogen) atoms. The van der Waals surface area contributed by atoms with Gasteiger partial charge in [-0.25, -0.2) is 0 Å². The van der Waals surface area contributed by atoms with E-state index in [0.29, 0.717) is 12.0 Å². The van der Waals surface area contributed by atoms with Crippen LogP contribution in [0.4, 0.5) is 0 Å². The fourth-order valence-electron chi connectivity index (χ4n) is 2.66. The number of aromatic nitrogens is 2. The normalized spacial score (nSPS) is 12.9. The van der Waals surface area contributed by atoms with E-state index >= 15 is 0 Å². The molecule has 0 radical (unpaired) electrons. The highest BCUT2D eigenvalue weighted by Crippen LogP contribution is 2.24. The number of nitrogens with one attached hydrogen (secondary N) is 1. The van der Waals surface area contributed by atoms with E-state index in [4.69, 9.17) is 11.6 Å². The summed E-state index contributed by atoms with van der Waals surface area (Å²) in [6.45, 7) is 7.44. The zero-order valence-corrected chi connectivity index (χ0v) is 14.0. The Morgan fingerprint density at radius 2 is 1.90 bits per heavy atom. The molecule has 1 heterocycles. The van der Waals surface area contributed by atoms with Crippen molar-refractivity contribution in [3.63, 3.8) is 0 Å². The first kappa shape index (κ1) is 16.1. The number of benzene rings is 1. The summed E-state index contributed by atoms with van der Waals surface area (Å²) in [7, 11) is 1.97. The Morgan fingerprint density at radius 3 is 2.48 bits per heavy atom. The van der Waals surface area contributed by atoms with Gasteiger partial charge in [0.25, 0.3) is 0 Å². The zero-order chi connectivity index (χ0) is 15.4. The molecule has 1 N–H and O–H groups in total. The molecule has 0 aliphatic rings. The molecule has 0 aliphatic heterocycles. The highest BCUT2D eigenvalue weighted by Gasteiger charge is 2.16. The van der Waals surface area contributed by atoms with Gasteiger partial charge in [0.2, 0.25) is 0 Å². The van der Waals surface area contributed by atoms with Crippen LogP contribution in [0.1, 0.15) is 43.6 Å². The van der Waals surface area contributed by atoms with Crippen molar-refractivity contribution in [2.24, 2.45) is 13.0 Å². The molecule has 0 spiro atoms. The van der Waals surface area contributed by atoms with Crippen LogP contribution in [0.2, 0.25) is 5.02 Å². The van der Waals surface area contributed by atoms with Gasteiger partial charge in [0.1, 0.15) is 0 Å². The molecule has 2 rings (SSSR count). The summed E-state index contributed by atoms with van der Waals surface area (Å²) < 4.78 is 1.89. The number of hydrogen-bond donors (Lipinski definition) is 1. The Bertz CT molecular complexity index is 572. The van der Waals surface area contributed by atoms with E-state index < -0.39 is 0 Å². The average Bonchev–Trinajstić information content (AvgIpc) is 2.81. The summed E-state index contributed by atoms with van der Waals surface area (Å²) in [6.07, 6.45) is 3.07. The maximum absolute atomic E-state index is 5.98. The molecule has 0 saturated heterocycles. The van der Waals surface area contributed by atoms with Gasteiger partial charge >= 0.3 is 0 Å². The highest BCUT2D eigenvalue weighted by atomic mass is 35.5. The van der Waals surface area contributed by atoms with Gasteiger partial charge in [0, 0.05) is 36.4 Å². The number of rotatable bonds is 6. The lowest BCUT2D eigenvalue weighted by atomic mass is 9.96. The summed E-state index contributed by atoms with van der Waals surface area (Å²) in [5.41, 5.74) is 3.72. The number of aryl methyl sites for hydroxylation is 2. The van der Waals surface area contributed by atoms with E-state index in [0.717, 1.165) is 18.0 Å². The van der Waals surface area contributed by atoms with E-state index in [1.54, 1.807) is 0 Å². The largest absolute Gasteiger partial charge is 0.306 e. The van der Waals surface area contributed by atoms with Crippen molar-refractivity contribution in [2.75, 3.05) is 0 Å². The van der Waals surface area contributed by atoms with Crippen LogP contribution >= 0.6 is 11.6 Å². The molecule has 1 aromatic heterocycles. The second-order valence-corrected chi connectivity index (χ2v) is 6.22. The molecule has 0 bridgehead atoms. The smallest absolute Gasteiger partial charge is 0.0666 e. The fraction of sp³-hybridized carbons (Fsp3) is 0.471. The lowest BCUT2D eigenvalue weighted by molar-refractivity contribution is 0.410. The van der Waals surface area contributed by atoms with Crippen LogP contribution in [-0.2, 0) is 20.0 Å². The molecule has 4 heteroatoms. The van der Waals surface area contributed by atoms with Crippen molar-refractivity contribution in [1.29, 1.82) is 0 Å². The van der Waals surface area contributed by atoms with Crippen molar-refractivity contribution in [3.8, 4) is 0 Å². The molecule has 1 atom stereocenters. The predicted molar refractivity (Wildman–Crippen MR) is 88.5 cm³/mol. The van der Waals surface area contributed by atoms with E-state index in [1.807, 2.05) is 23.9 Å². The van der Waals surface area contributed by atoms with Crippen LogP contribution < -0.4 is 5.32 Å². The Hall–Kier alpha value is -1.32. The molecule has 3 nitrogen and oxygen atoms in total. The van der Waals surface area contributed by atoms with E-state index in [9.17, 15) is 0 Å². The van der Waals surface area contributed by atoms with Crippen molar-refractivity contribution in [1.82, 2.24) is 15.1 Å². The molecule has 0 amide bonds. The maximum Gasteiger partial charge on any atom is 0.0666 e. The monoisotopic (exact) mass is 305 g/mol. The molecule has 0 aliphatic carbocycles. The Morgan fingerprint density at radius 1 is 1.24 bits per heavy atom. The topological polar surface area (TPSA) is 29.9 Å². The van der Waals surface area contributed by atoms with Gasteiger partial charge in [-0.2, -0.15) is 5.10 Å². The SMILES string of the molecule is CCc1nn(C)cc1CNC(c1ccc(Cl)cc1)C(C)C. The van der Waals surface area contributed by atoms with Crippen LogP contribution in [0.15, 0.2) is 30.5 Å². The van der Waals surface area contributed by atoms with Gasteiger partial charge in [-0.1, -0.05) is 44.5 Å². The van der Waals surface area contributed by atoms with Crippen LogP contribution in [-0.4, -0.2) is 9.78 Å². The average molecular weight is 306 g/mol. The van der Waals surface area contributed by atoms with E-state index in [1.165, 1.54) is 16.8 Å². The summed E-state index contributed by atoms with van der Waals surface area (Å²) >= 11 is 5.98. The van der Waals surface area contributed by atoms with Crippen molar-refractivity contribution >= 4 is 11.6 Å². The third-order valence-electron chi connectivity index (χ3n) is 3.73. The maximum atomic E-state index is 5.98. The van der Waals surface area contributed by atoms with Crippen molar-refractivity contribution in [2.45, 2.75) is 39.8 Å². The summed E-state index contributed by atoms with van der Waals surface area (Å²) in [4.78, 5) is 0. The lowest BCUT2D eigenvalue weighted by Crippen LogP contribution is -2.25. The molecule has 114 valence electrons. The summed E-state index contributed by atoms with van der Waals surface area (Å²) in [6, 6.07) is 8.42. The summed E-state index contributed by atoms with van der Waals surface area (Å²) in [5.74, 6) is 0.507. The van der Waals surface area contributed by atoms with Crippen LogP contribution in [0.3, 0.4) is 0 Å². The molecule has 2 aromatic rings. The Labute approximate surface area is 132 Å². The second kappa shape index (κ2) is 7.10. The minimum Gasteiger partial charge on any atom is -0.306 e. The van der Waals surface area contributed by atoms with Crippen LogP contribution in [0.25, 0.3) is 0 Å². The van der Waals surface area contributed by atoms with Gasteiger partial charge in [0.15, 0.2) is 0 Å². The third-order valence-corrected chi connectivity index (χ3v) is 3.99. The number of halogens is 1. The van der Waals surface area contributed by atoms with Crippen LogP contribution in [0, 0.1) is 5.92 Å². The molecule has 1 aromatic carbocycles. The first-order valence-electron chi connectivity index (χ1n) is 7.51. The number of nitrogens with zero attached hydrogens (tertiary/aromatic N) is 2. The minimum atomic E-state index is 0.312. The molecular weight excluding hydrogens is 282 g/mol. The second-order valence-electron chi connectivity index (χ2n) is 5.78. The highest BCUT2D eigenvalue weighted by molar-refractivity contribution is 6.30. The van der Waals surface area contributed by atoms with Crippen LogP contribution in [0.5, 0.6) is 0 Å². The van der Waals surface area contributed by atoms with Gasteiger partial charge < -0.3 is 5.32 Å². The summed E-state index contributed by atoms with van der Waals surface area (Å²) in [5, 5.41) is 8.94. The minimum absolute atomic E-state index is 0.312. The van der Waals surface area contributed by atoms with Gasteiger partial charge in [-0.05, 0) is 30.0 Å². The zero-order valence-electron chi connectivity index (χ0n) is 13.2. The van der Waals surface area contributed by atoms with E-state index in [2.05, 4.69) is 49.5 Å². The Kier molecular flexibility index (Phi) is 5.43. The van der Waals surface area contributed by atoms with E-state index in [-0.39, 0.29) is 0 Å². The van der Waals surface area contributed by atoms with Crippen molar-refractivity contribution < 1.29 is 0 Å². The first-order valence-corrected chi connectivity index (χ1v) is 7.89. The van der Waals surface area contributed by atoms with Gasteiger partial charge in [-0.3, -0.25) is 4.68 Å². The number of hydrogen-bond acceptors (Lipinski definition) is 2. The first-order chi connectivity index (χ1) is 10.0. The Balaban J connectivity index is 2.11. The van der Waals surface area contributed by atoms with Gasteiger partial charge in [-0.15, -0.1) is 0 Å². The standard InChI is InChI=1S/C17H24ClN3/c1-5-16-14(11-21(4)20-16)10-19-17(12(2)3)13-6-8-15(18)9-7-13/h6-9,11-12,17,19H,5,10H2,1-4H3. The molecule has 0 fully saturated rings. The third kappa shape index (κ3) is 4.08. The quantitative estimate of drug-likeness (QED) is 0.870. The molecule has 1 unspecified atom stereocenters.